The molecule has 0 aliphatic heterocycles. The normalized spacial score (nSPS) is 10.5. The lowest BCUT2D eigenvalue weighted by Crippen LogP contribution is -3.00. The highest BCUT2D eigenvalue weighted by Gasteiger charge is 2.10. The van der Waals surface area contributed by atoms with Crippen LogP contribution >= 0.6 is 46.4 Å². The fourth-order valence-electron chi connectivity index (χ4n) is 5.07. The van der Waals surface area contributed by atoms with E-state index in [9.17, 15) is 0 Å². The Hall–Kier alpha value is -2.70. The van der Waals surface area contributed by atoms with Gasteiger partial charge in [0.2, 0.25) is 0 Å². The largest absolute Gasteiger partial charge is 1.00 e. The Balaban J connectivity index is 0.00000221. The number of pyridine rings is 2. The van der Waals surface area contributed by atoms with E-state index < -0.39 is 0 Å². The molecule has 0 bridgehead atoms. The highest BCUT2D eigenvalue weighted by atomic mass is 79.9. The maximum absolute atomic E-state index is 6.19. The maximum atomic E-state index is 6.19. The standard InChI is InChI=1S/C36H26Cl4N2.2BrH/c37-33-17-31(18-34(38)21-33)27-7-11-41(12-8-27)23-25-3-1-5-29(15-25)30-6-2-4-26(16-30)24-42-13-9-28(10-14-42)32-19-35(39)22-36(40)20-32;;/h1-22H,23-24H2;2*1H/q+2;;/p-2. The number of nitrogens with zero attached hydrogens (tertiary/aromatic N) is 2. The molecule has 8 heteroatoms. The van der Waals surface area contributed by atoms with Crippen LogP contribution in [0.3, 0.4) is 0 Å². The van der Waals surface area contributed by atoms with E-state index >= 15 is 0 Å². The van der Waals surface area contributed by atoms with Gasteiger partial charge >= 0.3 is 0 Å². The summed E-state index contributed by atoms with van der Waals surface area (Å²) >= 11 is 24.8. The predicted octanol–water partition coefficient (Wildman–Crippen LogP) is 3.98. The van der Waals surface area contributed by atoms with E-state index in [1.165, 1.54) is 22.3 Å². The molecular weight excluding hydrogens is 762 g/mol. The molecule has 0 aliphatic carbocycles. The molecule has 0 atom stereocenters. The number of halogens is 6. The van der Waals surface area contributed by atoms with Crippen molar-refractivity contribution in [2.75, 3.05) is 0 Å². The van der Waals surface area contributed by atoms with Crippen LogP contribution in [0.1, 0.15) is 11.1 Å². The van der Waals surface area contributed by atoms with Crippen molar-refractivity contribution < 1.29 is 43.1 Å². The van der Waals surface area contributed by atoms with Crippen LogP contribution < -0.4 is 43.1 Å². The lowest BCUT2D eigenvalue weighted by Gasteiger charge is -2.07. The summed E-state index contributed by atoms with van der Waals surface area (Å²) in [5.74, 6) is 0. The van der Waals surface area contributed by atoms with E-state index in [1.807, 2.05) is 24.3 Å². The molecule has 0 unspecified atom stereocenters. The Morgan fingerprint density at radius 1 is 0.364 bits per heavy atom. The first kappa shape index (κ1) is 34.2. The summed E-state index contributed by atoms with van der Waals surface area (Å²) < 4.78 is 4.34. The summed E-state index contributed by atoms with van der Waals surface area (Å²) in [6.45, 7) is 1.54. The van der Waals surface area contributed by atoms with Crippen LogP contribution in [-0.2, 0) is 13.1 Å². The zero-order chi connectivity index (χ0) is 29.1. The van der Waals surface area contributed by atoms with Crippen molar-refractivity contribution in [3.8, 4) is 33.4 Å². The molecule has 0 saturated carbocycles. The van der Waals surface area contributed by atoms with Gasteiger partial charge in [0, 0.05) is 55.5 Å². The molecule has 44 heavy (non-hydrogen) atoms. The predicted molar refractivity (Wildman–Crippen MR) is 174 cm³/mol. The topological polar surface area (TPSA) is 7.76 Å². The van der Waals surface area contributed by atoms with Gasteiger partial charge in [0.15, 0.2) is 37.9 Å². The first-order valence-electron chi connectivity index (χ1n) is 13.5. The molecule has 6 rings (SSSR count). The van der Waals surface area contributed by atoms with Crippen LogP contribution in [0.2, 0.25) is 20.1 Å². The monoisotopic (exact) mass is 784 g/mol. The fraction of sp³-hybridized carbons (Fsp3) is 0.0556. The Kier molecular flexibility index (Phi) is 12.1. The highest BCUT2D eigenvalue weighted by Crippen LogP contribution is 2.28. The van der Waals surface area contributed by atoms with Crippen molar-refractivity contribution in [1.82, 2.24) is 0 Å². The van der Waals surface area contributed by atoms with E-state index in [1.54, 1.807) is 12.1 Å². The minimum absolute atomic E-state index is 0. The zero-order valence-corrected chi connectivity index (χ0v) is 29.5. The summed E-state index contributed by atoms with van der Waals surface area (Å²) in [5.41, 5.74) is 8.99. The molecule has 6 aromatic rings. The molecule has 0 saturated heterocycles. The van der Waals surface area contributed by atoms with Crippen LogP contribution in [0.5, 0.6) is 0 Å². The van der Waals surface area contributed by atoms with Crippen LogP contribution in [0.4, 0.5) is 0 Å². The lowest BCUT2D eigenvalue weighted by molar-refractivity contribution is -0.688. The quantitative estimate of drug-likeness (QED) is 0.217. The zero-order valence-electron chi connectivity index (χ0n) is 23.3. The average molecular weight is 788 g/mol. The second kappa shape index (κ2) is 15.5. The van der Waals surface area contributed by atoms with Gasteiger partial charge in [0.05, 0.1) is 0 Å². The van der Waals surface area contributed by atoms with Crippen molar-refractivity contribution in [2.24, 2.45) is 0 Å². The van der Waals surface area contributed by atoms with Crippen LogP contribution in [0, 0.1) is 0 Å². The summed E-state index contributed by atoms with van der Waals surface area (Å²) in [7, 11) is 0. The lowest BCUT2D eigenvalue weighted by atomic mass is 10.0. The van der Waals surface area contributed by atoms with Gasteiger partial charge in [-0.25, -0.2) is 9.13 Å². The smallest absolute Gasteiger partial charge is 0.173 e. The van der Waals surface area contributed by atoms with Gasteiger partial charge in [-0.15, -0.1) is 0 Å². The number of aromatic nitrogens is 2. The van der Waals surface area contributed by atoms with Crippen molar-refractivity contribution in [2.45, 2.75) is 13.1 Å². The molecule has 0 N–H and O–H groups in total. The van der Waals surface area contributed by atoms with Crippen molar-refractivity contribution in [1.29, 1.82) is 0 Å². The second-order valence-electron chi connectivity index (χ2n) is 10.2. The Labute approximate surface area is 299 Å². The van der Waals surface area contributed by atoms with Crippen molar-refractivity contribution in [3.63, 3.8) is 0 Å². The number of benzene rings is 4. The molecule has 4 aromatic carbocycles. The Bertz CT molecular complexity index is 1700. The molecule has 0 aliphatic rings. The van der Waals surface area contributed by atoms with Crippen molar-refractivity contribution >= 4 is 46.4 Å². The SMILES string of the molecule is Clc1cc(Cl)cc(-c2cc[n+](Cc3cccc(-c4cccc(C[n+]5ccc(-c6cc(Cl)cc(Cl)c6)cc5)c4)c3)cc2)c1.[Br-].[Br-]. The summed E-state index contributed by atoms with van der Waals surface area (Å²) in [6, 6.07) is 37.0. The van der Waals surface area contributed by atoms with Crippen LogP contribution in [-0.4, -0.2) is 0 Å². The minimum Gasteiger partial charge on any atom is -1.00 e. The van der Waals surface area contributed by atoms with Crippen LogP contribution in [0.15, 0.2) is 134 Å². The van der Waals surface area contributed by atoms with E-state index in [0.717, 1.165) is 35.3 Å². The number of rotatable bonds is 7. The highest BCUT2D eigenvalue weighted by molar-refractivity contribution is 6.35. The molecule has 0 spiro atoms. The summed E-state index contributed by atoms with van der Waals surface area (Å²) in [5, 5.41) is 2.52. The minimum atomic E-state index is 0. The van der Waals surface area contributed by atoms with E-state index in [4.69, 9.17) is 46.4 Å². The summed E-state index contributed by atoms with van der Waals surface area (Å²) in [4.78, 5) is 0. The molecule has 2 aromatic heterocycles. The van der Waals surface area contributed by atoms with Gasteiger partial charge in [-0.05, 0) is 81.9 Å². The molecule has 0 fully saturated rings. The van der Waals surface area contributed by atoms with Gasteiger partial charge in [-0.2, -0.15) is 0 Å². The Morgan fingerprint density at radius 3 is 1.05 bits per heavy atom. The Morgan fingerprint density at radius 2 is 0.705 bits per heavy atom. The third-order valence-corrected chi connectivity index (χ3v) is 7.96. The van der Waals surface area contributed by atoms with E-state index in [-0.39, 0.29) is 34.0 Å². The maximum Gasteiger partial charge on any atom is 0.173 e. The fourth-order valence-corrected chi connectivity index (χ4v) is 6.12. The first-order valence-corrected chi connectivity index (χ1v) is 15.0. The molecule has 2 nitrogen and oxygen atoms in total. The third kappa shape index (κ3) is 8.72. The molecule has 2 heterocycles. The summed E-state index contributed by atoms with van der Waals surface area (Å²) in [6.07, 6.45) is 8.34. The molecule has 0 radical (unpaired) electrons. The van der Waals surface area contributed by atoms with Gasteiger partial charge < -0.3 is 34.0 Å². The van der Waals surface area contributed by atoms with Crippen LogP contribution in [0.25, 0.3) is 33.4 Å². The third-order valence-electron chi connectivity index (χ3n) is 7.09. The molecule has 222 valence electrons. The van der Waals surface area contributed by atoms with E-state index in [0.29, 0.717) is 20.1 Å². The second-order valence-corrected chi connectivity index (χ2v) is 12.0. The van der Waals surface area contributed by atoms with Gasteiger partial charge in [0.25, 0.3) is 0 Å². The van der Waals surface area contributed by atoms with Gasteiger partial charge in [0.1, 0.15) is 0 Å². The number of hydrogen-bond acceptors (Lipinski definition) is 0. The molecular formula is C36H26Br2Cl4N2. The van der Waals surface area contributed by atoms with Crippen molar-refractivity contribution in [3.05, 3.63) is 165 Å². The number of hydrogen-bond donors (Lipinski definition) is 0. The molecule has 0 amide bonds. The van der Waals surface area contributed by atoms with E-state index in [2.05, 4.69) is 107 Å². The van der Waals surface area contributed by atoms with Gasteiger partial charge in [-0.3, -0.25) is 0 Å². The first-order chi connectivity index (χ1) is 20.4. The average Bonchev–Trinajstić information content (AvgIpc) is 2.97. The van der Waals surface area contributed by atoms with Gasteiger partial charge in [-0.1, -0.05) is 82.8 Å².